The van der Waals surface area contributed by atoms with Crippen LogP contribution in [0.1, 0.15) is 11.1 Å². The van der Waals surface area contributed by atoms with E-state index in [9.17, 15) is 9.59 Å². The first-order chi connectivity index (χ1) is 14.2. The standard InChI is InChI=1S/C24H19NO4/c1-28-22(26)20-21(23(27)29-2)25-14-8-7-13-19(25)24(20)17-11-5-3-9-15(17)16-10-4-6-12-18(16)24/h3-14,19H,1-2H3. The van der Waals surface area contributed by atoms with Crippen molar-refractivity contribution < 1.29 is 19.1 Å². The number of esters is 2. The number of hydrogen-bond donors (Lipinski definition) is 0. The second kappa shape index (κ2) is 6.21. The molecular weight excluding hydrogens is 366 g/mol. The van der Waals surface area contributed by atoms with Gasteiger partial charge in [-0.25, -0.2) is 9.59 Å². The lowest BCUT2D eigenvalue weighted by Gasteiger charge is -2.37. The summed E-state index contributed by atoms with van der Waals surface area (Å²) in [5.74, 6) is -1.10. The van der Waals surface area contributed by atoms with Crippen LogP contribution >= 0.6 is 0 Å². The van der Waals surface area contributed by atoms with Gasteiger partial charge in [0.15, 0.2) is 0 Å². The van der Waals surface area contributed by atoms with Crippen molar-refractivity contribution >= 4 is 11.9 Å². The van der Waals surface area contributed by atoms with E-state index in [0.717, 1.165) is 22.3 Å². The van der Waals surface area contributed by atoms with Gasteiger partial charge in [-0.05, 0) is 28.3 Å². The Bertz CT molecular complexity index is 1100. The number of hydrogen-bond acceptors (Lipinski definition) is 5. The van der Waals surface area contributed by atoms with Crippen LogP contribution < -0.4 is 0 Å². The van der Waals surface area contributed by atoms with Gasteiger partial charge in [-0.2, -0.15) is 0 Å². The zero-order chi connectivity index (χ0) is 20.2. The summed E-state index contributed by atoms with van der Waals surface area (Å²) in [7, 11) is 2.66. The maximum Gasteiger partial charge on any atom is 0.355 e. The van der Waals surface area contributed by atoms with Crippen LogP contribution in [0.15, 0.2) is 84.2 Å². The molecule has 0 aromatic heterocycles. The van der Waals surface area contributed by atoms with Crippen molar-refractivity contribution in [3.05, 3.63) is 95.4 Å². The summed E-state index contributed by atoms with van der Waals surface area (Å²) in [6, 6.07) is 15.8. The fraction of sp³-hybridized carbons (Fsp3) is 0.167. The summed E-state index contributed by atoms with van der Waals surface area (Å²) >= 11 is 0. The van der Waals surface area contributed by atoms with Gasteiger partial charge in [0.25, 0.3) is 0 Å². The van der Waals surface area contributed by atoms with Crippen molar-refractivity contribution in [1.82, 2.24) is 4.90 Å². The Kier molecular flexibility index (Phi) is 3.74. The van der Waals surface area contributed by atoms with Crippen LogP contribution in [-0.2, 0) is 24.5 Å². The van der Waals surface area contributed by atoms with Gasteiger partial charge in [-0.1, -0.05) is 60.7 Å². The Morgan fingerprint density at radius 1 is 0.862 bits per heavy atom. The molecule has 29 heavy (non-hydrogen) atoms. The molecule has 2 aliphatic heterocycles. The summed E-state index contributed by atoms with van der Waals surface area (Å²) in [5, 5.41) is 0. The third-order valence-electron chi connectivity index (χ3n) is 6.05. The van der Waals surface area contributed by atoms with E-state index in [1.807, 2.05) is 65.7 Å². The summed E-state index contributed by atoms with van der Waals surface area (Å²) in [6.45, 7) is 0. The van der Waals surface area contributed by atoms with E-state index < -0.39 is 17.4 Å². The molecule has 3 aliphatic rings. The highest BCUT2D eigenvalue weighted by Gasteiger charge is 2.61. The molecule has 2 aromatic carbocycles. The molecular formula is C24H19NO4. The Morgan fingerprint density at radius 2 is 1.45 bits per heavy atom. The number of carbonyl (C=O) groups excluding carboxylic acids is 2. The lowest BCUT2D eigenvalue weighted by Crippen LogP contribution is -2.44. The molecule has 0 fully saturated rings. The van der Waals surface area contributed by atoms with Crippen LogP contribution in [0.3, 0.4) is 0 Å². The summed E-state index contributed by atoms with van der Waals surface area (Å²) in [6.07, 6.45) is 7.64. The number of methoxy groups -OCH3 is 2. The number of allylic oxidation sites excluding steroid dienone is 2. The SMILES string of the molecule is COC(=O)C1=C(C(=O)OC)C2(c3ccccc3-c3ccccc32)C2C=CC=CN12. The quantitative estimate of drug-likeness (QED) is 0.743. The van der Waals surface area contributed by atoms with Crippen molar-refractivity contribution in [2.45, 2.75) is 11.5 Å². The molecule has 0 saturated carbocycles. The van der Waals surface area contributed by atoms with Crippen LogP contribution in [0.5, 0.6) is 0 Å². The van der Waals surface area contributed by atoms with E-state index in [1.165, 1.54) is 14.2 Å². The molecule has 1 aliphatic carbocycles. The van der Waals surface area contributed by atoms with Crippen molar-refractivity contribution in [2.24, 2.45) is 0 Å². The van der Waals surface area contributed by atoms with Crippen molar-refractivity contribution in [3.8, 4) is 11.1 Å². The van der Waals surface area contributed by atoms with E-state index in [0.29, 0.717) is 5.57 Å². The third kappa shape index (κ3) is 2.04. The Balaban J connectivity index is 1.96. The van der Waals surface area contributed by atoms with Crippen LogP contribution in [0, 0.1) is 0 Å². The van der Waals surface area contributed by atoms with Gasteiger partial charge in [0.2, 0.25) is 0 Å². The first-order valence-electron chi connectivity index (χ1n) is 9.40. The van der Waals surface area contributed by atoms with E-state index in [-0.39, 0.29) is 11.7 Å². The zero-order valence-corrected chi connectivity index (χ0v) is 16.1. The van der Waals surface area contributed by atoms with Crippen molar-refractivity contribution in [1.29, 1.82) is 0 Å². The second-order valence-electron chi connectivity index (χ2n) is 7.18. The average Bonchev–Trinajstić information content (AvgIpc) is 3.25. The lowest BCUT2D eigenvalue weighted by molar-refractivity contribution is -0.140. The predicted molar refractivity (Wildman–Crippen MR) is 108 cm³/mol. The van der Waals surface area contributed by atoms with Crippen molar-refractivity contribution in [2.75, 3.05) is 14.2 Å². The molecule has 0 bridgehead atoms. The number of rotatable bonds is 2. The molecule has 5 rings (SSSR count). The normalized spacial score (nSPS) is 19.8. The molecule has 2 aromatic rings. The van der Waals surface area contributed by atoms with Crippen LogP contribution in [0.25, 0.3) is 11.1 Å². The van der Waals surface area contributed by atoms with E-state index in [4.69, 9.17) is 9.47 Å². The minimum absolute atomic E-state index is 0.219. The van der Waals surface area contributed by atoms with Crippen molar-refractivity contribution in [3.63, 3.8) is 0 Å². The number of carbonyl (C=O) groups is 2. The molecule has 2 heterocycles. The minimum Gasteiger partial charge on any atom is -0.466 e. The summed E-state index contributed by atoms with van der Waals surface area (Å²) < 4.78 is 10.3. The maximum absolute atomic E-state index is 13.2. The molecule has 1 atom stereocenters. The smallest absolute Gasteiger partial charge is 0.355 e. The molecule has 0 radical (unpaired) electrons. The highest BCUT2D eigenvalue weighted by atomic mass is 16.5. The number of ether oxygens (including phenoxy) is 2. The van der Waals surface area contributed by atoms with E-state index in [2.05, 4.69) is 12.1 Å². The van der Waals surface area contributed by atoms with Gasteiger partial charge in [0, 0.05) is 6.20 Å². The fourth-order valence-electron chi connectivity index (χ4n) is 5.05. The van der Waals surface area contributed by atoms with Gasteiger partial charge < -0.3 is 14.4 Å². The number of nitrogens with zero attached hydrogens (tertiary/aromatic N) is 1. The highest BCUT2D eigenvalue weighted by Crippen LogP contribution is 2.60. The van der Waals surface area contributed by atoms with Crippen LogP contribution in [-0.4, -0.2) is 37.1 Å². The Hall–Kier alpha value is -3.60. The topological polar surface area (TPSA) is 55.8 Å². The van der Waals surface area contributed by atoms with Crippen LogP contribution in [0.2, 0.25) is 0 Å². The Morgan fingerprint density at radius 3 is 2.03 bits per heavy atom. The highest BCUT2D eigenvalue weighted by molar-refractivity contribution is 6.07. The molecule has 1 unspecified atom stereocenters. The molecule has 0 N–H and O–H groups in total. The first kappa shape index (κ1) is 17.5. The molecule has 1 spiro atoms. The Labute approximate surface area is 168 Å². The first-order valence-corrected chi connectivity index (χ1v) is 9.40. The minimum atomic E-state index is -0.870. The third-order valence-corrected chi connectivity index (χ3v) is 6.05. The second-order valence-corrected chi connectivity index (χ2v) is 7.18. The van der Waals surface area contributed by atoms with E-state index >= 15 is 0 Å². The zero-order valence-electron chi connectivity index (χ0n) is 16.1. The van der Waals surface area contributed by atoms with E-state index in [1.54, 1.807) is 0 Å². The summed E-state index contributed by atoms with van der Waals surface area (Å²) in [5.41, 5.74) is 3.73. The summed E-state index contributed by atoms with van der Waals surface area (Å²) in [4.78, 5) is 27.9. The maximum atomic E-state index is 13.2. The van der Waals surface area contributed by atoms with Gasteiger partial charge in [-0.15, -0.1) is 0 Å². The lowest BCUT2D eigenvalue weighted by atomic mass is 9.68. The largest absolute Gasteiger partial charge is 0.466 e. The molecule has 5 nitrogen and oxygen atoms in total. The van der Waals surface area contributed by atoms with Gasteiger partial charge in [0.1, 0.15) is 5.70 Å². The van der Waals surface area contributed by atoms with Gasteiger partial charge >= 0.3 is 11.9 Å². The average molecular weight is 385 g/mol. The number of benzene rings is 2. The monoisotopic (exact) mass is 385 g/mol. The molecule has 144 valence electrons. The van der Waals surface area contributed by atoms with Gasteiger partial charge in [-0.3, -0.25) is 0 Å². The molecule has 5 heteroatoms. The molecule has 0 saturated heterocycles. The number of fused-ring (bicyclic) bond motifs is 7. The fourth-order valence-corrected chi connectivity index (χ4v) is 5.05. The van der Waals surface area contributed by atoms with Gasteiger partial charge in [0.05, 0.1) is 31.2 Å². The predicted octanol–water partition coefficient (Wildman–Crippen LogP) is 3.32. The van der Waals surface area contributed by atoms with Crippen LogP contribution in [0.4, 0.5) is 0 Å². The molecule has 0 amide bonds.